The molecule has 0 aromatic rings. The Hall–Kier alpha value is -0.570. The van der Waals surface area contributed by atoms with Crippen LogP contribution < -0.4 is 5.73 Å². The van der Waals surface area contributed by atoms with Crippen molar-refractivity contribution in [2.45, 2.75) is 46.1 Å². The van der Waals surface area contributed by atoms with Crippen molar-refractivity contribution in [1.82, 2.24) is 4.90 Å². The smallest absolute Gasteiger partial charge is 0.236 e. The Kier molecular flexibility index (Phi) is 2.34. The van der Waals surface area contributed by atoms with Crippen LogP contribution in [0.1, 0.15) is 40.0 Å². The third kappa shape index (κ3) is 1.89. The molecule has 2 unspecified atom stereocenters. The largest absolute Gasteiger partial charge is 0.338 e. The highest BCUT2D eigenvalue weighted by molar-refractivity contribution is 5.78. The molecule has 2 bridgehead atoms. The second-order valence-corrected chi connectivity index (χ2v) is 6.44. The number of hydrogen-bond donors (Lipinski definition) is 1. The van der Waals surface area contributed by atoms with E-state index in [1.807, 2.05) is 4.90 Å². The molecule has 1 amide bonds. The van der Waals surface area contributed by atoms with E-state index in [4.69, 9.17) is 5.73 Å². The molecule has 15 heavy (non-hydrogen) atoms. The Labute approximate surface area is 92.0 Å². The van der Waals surface area contributed by atoms with Crippen molar-refractivity contribution in [3.05, 3.63) is 0 Å². The Morgan fingerprint density at radius 2 is 2.07 bits per heavy atom. The van der Waals surface area contributed by atoms with Crippen LogP contribution in [0.5, 0.6) is 0 Å². The average Bonchev–Trinajstić information content (AvgIpc) is 2.33. The third-order valence-corrected chi connectivity index (χ3v) is 3.91. The highest BCUT2D eigenvalue weighted by Crippen LogP contribution is 2.52. The van der Waals surface area contributed by atoms with Gasteiger partial charge in [0.05, 0.1) is 6.54 Å². The summed E-state index contributed by atoms with van der Waals surface area (Å²) in [4.78, 5) is 13.7. The zero-order valence-corrected chi connectivity index (χ0v) is 10.0. The first kappa shape index (κ1) is 10.9. The molecule has 0 spiro atoms. The molecule has 0 aromatic heterocycles. The van der Waals surface area contributed by atoms with Crippen LogP contribution in [-0.2, 0) is 4.79 Å². The van der Waals surface area contributed by atoms with Crippen LogP contribution in [-0.4, -0.2) is 29.9 Å². The Morgan fingerprint density at radius 3 is 2.67 bits per heavy atom. The summed E-state index contributed by atoms with van der Waals surface area (Å²) in [6, 6.07) is 0.440. The lowest BCUT2D eigenvalue weighted by Crippen LogP contribution is -2.40. The van der Waals surface area contributed by atoms with Crippen molar-refractivity contribution < 1.29 is 4.79 Å². The van der Waals surface area contributed by atoms with Crippen molar-refractivity contribution >= 4 is 5.91 Å². The van der Waals surface area contributed by atoms with Gasteiger partial charge in [0.15, 0.2) is 0 Å². The minimum Gasteiger partial charge on any atom is -0.338 e. The zero-order chi connectivity index (χ0) is 11.3. The summed E-state index contributed by atoms with van der Waals surface area (Å²) < 4.78 is 0. The van der Waals surface area contributed by atoms with E-state index < -0.39 is 0 Å². The fourth-order valence-electron chi connectivity index (χ4n) is 3.87. The fraction of sp³-hybridized carbons (Fsp3) is 0.917. The van der Waals surface area contributed by atoms with Gasteiger partial charge in [0, 0.05) is 12.6 Å². The monoisotopic (exact) mass is 210 g/mol. The number of amides is 1. The van der Waals surface area contributed by atoms with Crippen molar-refractivity contribution in [3.63, 3.8) is 0 Å². The van der Waals surface area contributed by atoms with Crippen molar-refractivity contribution in [2.24, 2.45) is 16.6 Å². The number of fused-ring (bicyclic) bond motifs is 2. The summed E-state index contributed by atoms with van der Waals surface area (Å²) in [5.74, 6) is 0.126. The minimum atomic E-state index is 0.126. The van der Waals surface area contributed by atoms with E-state index >= 15 is 0 Å². The van der Waals surface area contributed by atoms with E-state index in [2.05, 4.69) is 20.8 Å². The summed E-state index contributed by atoms with van der Waals surface area (Å²) in [6.07, 6.45) is 3.53. The van der Waals surface area contributed by atoms with E-state index in [1.54, 1.807) is 0 Å². The second kappa shape index (κ2) is 3.21. The molecule has 0 radical (unpaired) electrons. The summed E-state index contributed by atoms with van der Waals surface area (Å²) in [7, 11) is 0. The van der Waals surface area contributed by atoms with E-state index in [9.17, 15) is 4.79 Å². The first-order valence-corrected chi connectivity index (χ1v) is 5.85. The number of nitrogens with zero attached hydrogens (tertiary/aromatic N) is 1. The molecular weight excluding hydrogens is 188 g/mol. The van der Waals surface area contributed by atoms with E-state index in [1.165, 1.54) is 12.8 Å². The SMILES string of the molecule is CC1(C)CC2CC(C)(CN2C(=O)CN)C1. The first-order valence-electron chi connectivity index (χ1n) is 5.85. The van der Waals surface area contributed by atoms with Crippen molar-refractivity contribution in [1.29, 1.82) is 0 Å². The minimum absolute atomic E-state index is 0.126. The molecule has 1 aliphatic carbocycles. The lowest BCUT2D eigenvalue weighted by molar-refractivity contribution is -0.130. The molecule has 1 heterocycles. The van der Waals surface area contributed by atoms with Crippen molar-refractivity contribution in [3.8, 4) is 0 Å². The highest BCUT2D eigenvalue weighted by atomic mass is 16.2. The van der Waals surface area contributed by atoms with Crippen LogP contribution in [0.2, 0.25) is 0 Å². The number of nitrogens with two attached hydrogens (primary N) is 1. The van der Waals surface area contributed by atoms with Crippen LogP contribution in [0, 0.1) is 10.8 Å². The molecule has 2 aliphatic rings. The normalized spacial score (nSPS) is 38.1. The summed E-state index contributed by atoms with van der Waals surface area (Å²) >= 11 is 0. The Bertz CT molecular complexity index is 287. The van der Waals surface area contributed by atoms with Crippen LogP contribution in [0.25, 0.3) is 0 Å². The van der Waals surface area contributed by atoms with Gasteiger partial charge in [-0.3, -0.25) is 4.79 Å². The molecule has 0 aromatic carbocycles. The first-order chi connectivity index (χ1) is 6.85. The fourth-order valence-corrected chi connectivity index (χ4v) is 3.87. The van der Waals surface area contributed by atoms with Gasteiger partial charge in [0.2, 0.25) is 5.91 Å². The van der Waals surface area contributed by atoms with Crippen LogP contribution in [0.4, 0.5) is 0 Å². The van der Waals surface area contributed by atoms with E-state index in [0.717, 1.165) is 13.0 Å². The van der Waals surface area contributed by atoms with Gasteiger partial charge in [-0.1, -0.05) is 20.8 Å². The second-order valence-electron chi connectivity index (χ2n) is 6.44. The number of hydrogen-bond acceptors (Lipinski definition) is 2. The predicted octanol–water partition coefficient (Wildman–Crippen LogP) is 1.37. The van der Waals surface area contributed by atoms with Gasteiger partial charge in [-0.15, -0.1) is 0 Å². The molecule has 1 saturated heterocycles. The topological polar surface area (TPSA) is 46.3 Å². The Morgan fingerprint density at radius 1 is 1.40 bits per heavy atom. The van der Waals surface area contributed by atoms with Gasteiger partial charge in [-0.2, -0.15) is 0 Å². The molecule has 3 nitrogen and oxygen atoms in total. The van der Waals surface area contributed by atoms with Crippen LogP contribution >= 0.6 is 0 Å². The highest BCUT2D eigenvalue weighted by Gasteiger charge is 2.50. The maximum atomic E-state index is 11.7. The quantitative estimate of drug-likeness (QED) is 0.710. The van der Waals surface area contributed by atoms with Gasteiger partial charge in [-0.25, -0.2) is 0 Å². The number of likely N-dealkylation sites (tertiary alicyclic amines) is 1. The van der Waals surface area contributed by atoms with Gasteiger partial charge in [-0.05, 0) is 30.1 Å². The Balaban J connectivity index is 2.20. The van der Waals surface area contributed by atoms with Gasteiger partial charge >= 0.3 is 0 Å². The maximum absolute atomic E-state index is 11.7. The molecule has 1 saturated carbocycles. The number of carbonyl (C=O) groups is 1. The van der Waals surface area contributed by atoms with E-state index in [-0.39, 0.29) is 12.5 Å². The molecular formula is C12H22N2O. The molecule has 3 heteroatoms. The molecule has 86 valence electrons. The summed E-state index contributed by atoms with van der Waals surface area (Å²) in [5.41, 5.74) is 6.16. The molecule has 2 atom stereocenters. The molecule has 2 rings (SSSR count). The van der Waals surface area contributed by atoms with Crippen LogP contribution in [0.15, 0.2) is 0 Å². The lowest BCUT2D eigenvalue weighted by atomic mass is 9.65. The standard InChI is InChI=1S/C12H22N2O/c1-11(2)4-9-5-12(3,7-11)8-14(9)10(15)6-13/h9H,4-8,13H2,1-3H3. The van der Waals surface area contributed by atoms with Gasteiger partial charge in [0.1, 0.15) is 0 Å². The predicted molar refractivity (Wildman–Crippen MR) is 60.3 cm³/mol. The zero-order valence-electron chi connectivity index (χ0n) is 10.0. The summed E-state index contributed by atoms with van der Waals surface area (Å²) in [6.45, 7) is 8.01. The molecule has 1 aliphatic heterocycles. The van der Waals surface area contributed by atoms with Crippen molar-refractivity contribution in [2.75, 3.05) is 13.1 Å². The van der Waals surface area contributed by atoms with Crippen LogP contribution in [0.3, 0.4) is 0 Å². The van der Waals surface area contributed by atoms with Gasteiger partial charge in [0.25, 0.3) is 0 Å². The van der Waals surface area contributed by atoms with E-state index in [0.29, 0.717) is 16.9 Å². The van der Waals surface area contributed by atoms with Gasteiger partial charge < -0.3 is 10.6 Å². The lowest BCUT2D eigenvalue weighted by Gasteiger charge is -2.39. The maximum Gasteiger partial charge on any atom is 0.236 e. The number of rotatable bonds is 1. The summed E-state index contributed by atoms with van der Waals surface area (Å²) in [5, 5.41) is 0. The third-order valence-electron chi connectivity index (χ3n) is 3.91. The average molecular weight is 210 g/mol. The molecule has 2 fully saturated rings. The molecule has 2 N–H and O–H groups in total. The number of carbonyl (C=O) groups excluding carboxylic acids is 1.